The number of hydrazine groups is 1. The number of amides is 1. The lowest BCUT2D eigenvalue weighted by atomic mass is 10.2. The van der Waals surface area contributed by atoms with Crippen molar-refractivity contribution < 1.29 is 13.2 Å². The van der Waals surface area contributed by atoms with Crippen LogP contribution < -0.4 is 10.9 Å². The van der Waals surface area contributed by atoms with Gasteiger partial charge in [0.25, 0.3) is 5.91 Å². The smallest absolute Gasteiger partial charge is 0.271 e. The monoisotopic (exact) mass is 409 g/mol. The molecule has 0 atom stereocenters. The number of hydrogen-bond acceptors (Lipinski definition) is 6. The average Bonchev–Trinajstić information content (AvgIpc) is 2.67. The lowest BCUT2D eigenvalue weighted by Crippen LogP contribution is -2.46. The van der Waals surface area contributed by atoms with E-state index in [4.69, 9.17) is 11.6 Å². The van der Waals surface area contributed by atoms with Crippen molar-refractivity contribution in [1.29, 1.82) is 0 Å². The van der Waals surface area contributed by atoms with Gasteiger partial charge < -0.3 is 4.90 Å². The van der Waals surface area contributed by atoms with Crippen LogP contribution in [0, 0.1) is 0 Å². The highest BCUT2D eigenvalue weighted by Crippen LogP contribution is 2.19. The van der Waals surface area contributed by atoms with Crippen LogP contribution in [0.3, 0.4) is 0 Å². The highest BCUT2D eigenvalue weighted by atomic mass is 35.5. The number of pyridine rings is 1. The molecule has 0 spiro atoms. The number of aromatic nitrogens is 1. The fourth-order valence-corrected chi connectivity index (χ4v) is 4.27. The first-order chi connectivity index (χ1) is 12.9. The number of nitrogens with one attached hydrogen (secondary N) is 2. The molecule has 1 amide bonds. The number of nitrogens with zero attached hydrogens (tertiary/aromatic N) is 3. The molecule has 0 saturated carbocycles. The quantitative estimate of drug-likeness (QED) is 0.725. The first-order valence-corrected chi connectivity index (χ1v) is 10.1. The Hall–Kier alpha value is -2.20. The first-order valence-electron chi connectivity index (χ1n) is 8.32. The minimum Gasteiger partial charge on any atom is -0.304 e. The fraction of sp³-hybridized carbons (Fsp3) is 0.294. The van der Waals surface area contributed by atoms with Gasteiger partial charge >= 0.3 is 0 Å². The molecular formula is C17H20ClN5O3S. The van der Waals surface area contributed by atoms with Crippen molar-refractivity contribution in [3.05, 3.63) is 53.3 Å². The highest BCUT2D eigenvalue weighted by molar-refractivity contribution is 7.89. The van der Waals surface area contributed by atoms with Gasteiger partial charge in [-0.25, -0.2) is 8.42 Å². The molecule has 1 aliphatic heterocycles. The van der Waals surface area contributed by atoms with Gasteiger partial charge in [-0.1, -0.05) is 11.6 Å². The molecule has 2 heterocycles. The Morgan fingerprint density at radius 3 is 2.41 bits per heavy atom. The maximum atomic E-state index is 12.7. The van der Waals surface area contributed by atoms with Crippen LogP contribution in [-0.4, -0.2) is 61.7 Å². The predicted octanol–water partition coefficient (Wildman–Crippen LogP) is 1.43. The summed E-state index contributed by atoms with van der Waals surface area (Å²) in [5.41, 5.74) is 6.09. The zero-order valence-electron chi connectivity index (χ0n) is 14.7. The van der Waals surface area contributed by atoms with Crippen LogP contribution in [0.25, 0.3) is 0 Å². The molecule has 3 rings (SSSR count). The molecule has 144 valence electrons. The van der Waals surface area contributed by atoms with E-state index in [-0.39, 0.29) is 15.5 Å². The summed E-state index contributed by atoms with van der Waals surface area (Å²) >= 11 is 5.93. The molecule has 1 aliphatic rings. The summed E-state index contributed by atoms with van der Waals surface area (Å²) in [5.74, 6) is -0.420. The van der Waals surface area contributed by atoms with Crippen molar-refractivity contribution in [1.82, 2.24) is 19.6 Å². The number of sulfonamides is 1. The molecule has 0 radical (unpaired) electrons. The van der Waals surface area contributed by atoms with Gasteiger partial charge in [-0.3, -0.25) is 20.6 Å². The maximum Gasteiger partial charge on any atom is 0.271 e. The minimum atomic E-state index is -3.51. The van der Waals surface area contributed by atoms with Crippen LogP contribution in [0.2, 0.25) is 5.02 Å². The Morgan fingerprint density at radius 1 is 1.11 bits per heavy atom. The Kier molecular flexibility index (Phi) is 5.95. The molecule has 27 heavy (non-hydrogen) atoms. The molecule has 0 bridgehead atoms. The molecule has 0 unspecified atom stereocenters. The normalized spacial score (nSPS) is 16.1. The third-order valence-electron chi connectivity index (χ3n) is 4.29. The van der Waals surface area contributed by atoms with Gasteiger partial charge in [-0.05, 0) is 37.4 Å². The number of piperazine rings is 1. The number of halogens is 1. The van der Waals surface area contributed by atoms with E-state index in [9.17, 15) is 13.2 Å². The van der Waals surface area contributed by atoms with Crippen LogP contribution in [0.15, 0.2) is 47.6 Å². The van der Waals surface area contributed by atoms with E-state index >= 15 is 0 Å². The molecule has 8 nitrogen and oxygen atoms in total. The first kappa shape index (κ1) is 19.6. The molecule has 1 saturated heterocycles. The van der Waals surface area contributed by atoms with Crippen LogP contribution in [0.4, 0.5) is 5.69 Å². The number of rotatable bonds is 5. The zero-order valence-corrected chi connectivity index (χ0v) is 16.3. The van der Waals surface area contributed by atoms with Gasteiger partial charge in [0.15, 0.2) is 0 Å². The fourth-order valence-electron chi connectivity index (χ4n) is 2.64. The largest absolute Gasteiger partial charge is 0.304 e. The summed E-state index contributed by atoms with van der Waals surface area (Å²) in [6.45, 7) is 2.37. The van der Waals surface area contributed by atoms with Gasteiger partial charge in [-0.2, -0.15) is 4.31 Å². The van der Waals surface area contributed by atoms with Crippen molar-refractivity contribution in [2.24, 2.45) is 0 Å². The third kappa shape index (κ3) is 4.56. The molecule has 10 heteroatoms. The summed E-state index contributed by atoms with van der Waals surface area (Å²) in [6.07, 6.45) is 2.85. The van der Waals surface area contributed by atoms with Gasteiger partial charge in [0, 0.05) is 38.6 Å². The summed E-state index contributed by atoms with van der Waals surface area (Å²) in [4.78, 5) is 18.2. The summed E-state index contributed by atoms with van der Waals surface area (Å²) in [5, 5.41) is 0.241. The van der Waals surface area contributed by atoms with Crippen LogP contribution in [0.1, 0.15) is 10.4 Å². The second kappa shape index (κ2) is 8.22. The van der Waals surface area contributed by atoms with Crippen molar-refractivity contribution >= 4 is 33.2 Å². The number of hydrogen-bond donors (Lipinski definition) is 2. The van der Waals surface area contributed by atoms with Crippen molar-refractivity contribution in [2.75, 3.05) is 38.7 Å². The van der Waals surface area contributed by atoms with Crippen molar-refractivity contribution in [3.63, 3.8) is 0 Å². The zero-order chi connectivity index (χ0) is 19.4. The molecule has 1 aromatic carbocycles. The van der Waals surface area contributed by atoms with Crippen molar-refractivity contribution in [3.8, 4) is 0 Å². The number of carbonyl (C=O) groups excluding carboxylic acids is 1. The SMILES string of the molecule is CN1CCN(S(=O)(=O)c2ccc(NNC(=O)c3ccncc3Cl)cc2)CC1. The Labute approximate surface area is 163 Å². The van der Waals surface area contributed by atoms with E-state index in [0.717, 1.165) is 0 Å². The molecule has 1 fully saturated rings. The van der Waals surface area contributed by atoms with Crippen LogP contribution in [-0.2, 0) is 10.0 Å². The molecule has 2 aromatic rings. The number of likely N-dealkylation sites (N-methyl/N-ethyl adjacent to an activating group) is 1. The predicted molar refractivity (Wildman–Crippen MR) is 103 cm³/mol. The van der Waals surface area contributed by atoms with Crippen LogP contribution >= 0.6 is 11.6 Å². The molecule has 1 aromatic heterocycles. The third-order valence-corrected chi connectivity index (χ3v) is 6.51. The van der Waals surface area contributed by atoms with E-state index in [1.807, 2.05) is 7.05 Å². The second-order valence-electron chi connectivity index (χ2n) is 6.17. The average molecular weight is 410 g/mol. The summed E-state index contributed by atoms with van der Waals surface area (Å²) in [7, 11) is -1.54. The number of carbonyl (C=O) groups is 1. The van der Waals surface area contributed by atoms with E-state index in [1.54, 1.807) is 12.1 Å². The van der Waals surface area contributed by atoms with Crippen LogP contribution in [0.5, 0.6) is 0 Å². The van der Waals surface area contributed by atoms with Gasteiger partial charge in [-0.15, -0.1) is 0 Å². The number of anilines is 1. The lowest BCUT2D eigenvalue weighted by molar-refractivity contribution is 0.0962. The Morgan fingerprint density at radius 2 is 1.78 bits per heavy atom. The van der Waals surface area contributed by atoms with E-state index in [0.29, 0.717) is 31.9 Å². The summed E-state index contributed by atoms with van der Waals surface area (Å²) < 4.78 is 26.9. The van der Waals surface area contributed by atoms with Gasteiger partial charge in [0.1, 0.15) is 0 Å². The standard InChI is InChI=1S/C17H20ClN5O3S/c1-22-8-10-23(11-9-22)27(25,26)14-4-2-13(3-5-14)20-21-17(24)15-6-7-19-12-16(15)18/h2-7,12,20H,8-11H2,1H3,(H,21,24). The molecular weight excluding hydrogens is 390 g/mol. The Balaban J connectivity index is 1.63. The minimum absolute atomic E-state index is 0.223. The summed E-state index contributed by atoms with van der Waals surface area (Å²) in [6, 6.07) is 7.73. The topological polar surface area (TPSA) is 94.6 Å². The lowest BCUT2D eigenvalue weighted by Gasteiger charge is -2.31. The molecule has 2 N–H and O–H groups in total. The van der Waals surface area contributed by atoms with Gasteiger partial charge in [0.2, 0.25) is 10.0 Å². The van der Waals surface area contributed by atoms with Crippen molar-refractivity contribution in [2.45, 2.75) is 4.90 Å². The molecule has 0 aliphatic carbocycles. The van der Waals surface area contributed by atoms with E-state index < -0.39 is 15.9 Å². The highest BCUT2D eigenvalue weighted by Gasteiger charge is 2.27. The Bertz CT molecular complexity index is 912. The maximum absolute atomic E-state index is 12.7. The van der Waals surface area contributed by atoms with E-state index in [2.05, 4.69) is 20.7 Å². The van der Waals surface area contributed by atoms with E-state index in [1.165, 1.54) is 34.9 Å². The number of benzene rings is 1. The van der Waals surface area contributed by atoms with Gasteiger partial charge in [0.05, 0.1) is 21.2 Å². The second-order valence-corrected chi connectivity index (χ2v) is 8.51.